The SMILES string of the molecule is Cc1cn(-c2cn(C3OC(CC(C)(C)OP(=O)(O)C4(C)CO4)C(O)C3O)c(=O)nc2N)nn1. The Morgan fingerprint density at radius 1 is 1.36 bits per heavy atom. The minimum atomic E-state index is -4.12. The Kier molecular flexibility index (Phi) is 5.77. The predicted molar refractivity (Wildman–Crippen MR) is 112 cm³/mol. The lowest BCUT2D eigenvalue weighted by Crippen LogP contribution is -2.38. The van der Waals surface area contributed by atoms with Crippen molar-refractivity contribution in [1.29, 1.82) is 0 Å². The number of hydrogen-bond donors (Lipinski definition) is 4. The molecule has 0 aromatic carbocycles. The van der Waals surface area contributed by atoms with Gasteiger partial charge in [-0.15, -0.1) is 5.10 Å². The molecule has 0 spiro atoms. The first-order chi connectivity index (χ1) is 15.2. The Hall–Kier alpha value is -2.19. The van der Waals surface area contributed by atoms with E-state index in [1.165, 1.54) is 17.8 Å². The molecular formula is C18H27N6O8P. The van der Waals surface area contributed by atoms with Crippen molar-refractivity contribution >= 4 is 13.4 Å². The van der Waals surface area contributed by atoms with E-state index in [1.54, 1.807) is 27.0 Å². The van der Waals surface area contributed by atoms with Crippen LogP contribution in [-0.4, -0.2) is 75.5 Å². The standard InChI is InChI=1S/C18H27N6O8P/c1-9-6-24(22-21-9)10-7-23(16(27)20-14(10)19)15-13(26)12(25)11(31-15)5-17(2,3)32-33(28,29)18(4)8-30-18/h6-7,11-13,15,25-26H,5,8H2,1-4H3,(H,28,29)(H2,19,20,27). The van der Waals surface area contributed by atoms with E-state index in [0.717, 1.165) is 4.57 Å². The molecule has 2 fully saturated rings. The lowest BCUT2D eigenvalue weighted by molar-refractivity contribution is -0.0640. The molecule has 6 atom stereocenters. The summed E-state index contributed by atoms with van der Waals surface area (Å²) in [5.74, 6) is -0.102. The zero-order chi connectivity index (χ0) is 24.3. The Morgan fingerprint density at radius 2 is 2.03 bits per heavy atom. The van der Waals surface area contributed by atoms with E-state index in [4.69, 9.17) is 19.7 Å². The van der Waals surface area contributed by atoms with Gasteiger partial charge in [0.2, 0.25) is 0 Å². The molecule has 0 aliphatic carbocycles. The van der Waals surface area contributed by atoms with Gasteiger partial charge in [0, 0.05) is 12.6 Å². The van der Waals surface area contributed by atoms with Crippen molar-refractivity contribution in [3.8, 4) is 5.69 Å². The molecule has 2 saturated heterocycles. The number of aromatic nitrogens is 5. The second kappa shape index (κ2) is 7.94. The predicted octanol–water partition coefficient (Wildman–Crippen LogP) is -0.549. The first kappa shape index (κ1) is 24.0. The van der Waals surface area contributed by atoms with Crippen LogP contribution in [0.2, 0.25) is 0 Å². The van der Waals surface area contributed by atoms with Gasteiger partial charge in [0.1, 0.15) is 17.9 Å². The van der Waals surface area contributed by atoms with E-state index in [2.05, 4.69) is 15.3 Å². The Balaban J connectivity index is 1.56. The quantitative estimate of drug-likeness (QED) is 0.288. The monoisotopic (exact) mass is 486 g/mol. The van der Waals surface area contributed by atoms with Gasteiger partial charge < -0.3 is 34.8 Å². The molecule has 2 aromatic heterocycles. The average molecular weight is 486 g/mol. The Labute approximate surface area is 188 Å². The molecule has 2 aromatic rings. The van der Waals surface area contributed by atoms with Gasteiger partial charge in [0.05, 0.1) is 30.2 Å². The molecule has 0 saturated carbocycles. The minimum Gasteiger partial charge on any atom is -0.388 e. The fraction of sp³-hybridized carbons (Fsp3) is 0.667. The van der Waals surface area contributed by atoms with Crippen molar-refractivity contribution in [2.45, 2.75) is 69.6 Å². The van der Waals surface area contributed by atoms with Crippen LogP contribution in [0.25, 0.3) is 5.69 Å². The van der Waals surface area contributed by atoms with Crippen molar-refractivity contribution < 1.29 is 33.7 Å². The van der Waals surface area contributed by atoms with E-state index in [9.17, 15) is 24.5 Å². The summed E-state index contributed by atoms with van der Waals surface area (Å²) in [5, 5.41) is 27.7. The molecule has 4 heterocycles. The molecule has 0 bridgehead atoms. The van der Waals surface area contributed by atoms with Gasteiger partial charge in [-0.1, -0.05) is 5.21 Å². The highest BCUT2D eigenvalue weighted by Crippen LogP contribution is 2.64. The number of nitrogen functional groups attached to an aromatic ring is 1. The van der Waals surface area contributed by atoms with Crippen LogP contribution in [0.4, 0.5) is 5.82 Å². The minimum absolute atomic E-state index is 0.0609. The number of epoxide rings is 1. The van der Waals surface area contributed by atoms with Crippen LogP contribution in [-0.2, 0) is 18.6 Å². The fourth-order valence-electron chi connectivity index (χ4n) is 3.64. The van der Waals surface area contributed by atoms with Crippen LogP contribution in [0, 0.1) is 6.92 Å². The van der Waals surface area contributed by atoms with Gasteiger partial charge in [-0.25, -0.2) is 9.48 Å². The maximum atomic E-state index is 12.5. The number of ether oxygens (including phenoxy) is 2. The van der Waals surface area contributed by atoms with E-state index in [1.807, 2.05) is 0 Å². The van der Waals surface area contributed by atoms with E-state index in [0.29, 0.717) is 5.69 Å². The van der Waals surface area contributed by atoms with Gasteiger partial charge in [-0.3, -0.25) is 9.13 Å². The van der Waals surface area contributed by atoms with Gasteiger partial charge in [-0.2, -0.15) is 4.98 Å². The van der Waals surface area contributed by atoms with Crippen LogP contribution in [0.15, 0.2) is 17.2 Å². The number of anilines is 1. The number of rotatable bonds is 7. The smallest absolute Gasteiger partial charge is 0.362 e. The van der Waals surface area contributed by atoms with Crippen LogP contribution in [0.1, 0.15) is 39.1 Å². The molecule has 0 amide bonds. The third-order valence-electron chi connectivity index (χ3n) is 5.65. The van der Waals surface area contributed by atoms with Crippen LogP contribution >= 0.6 is 7.60 Å². The largest absolute Gasteiger partial charge is 0.388 e. The summed E-state index contributed by atoms with van der Waals surface area (Å²) in [5.41, 5.74) is 4.66. The zero-order valence-corrected chi connectivity index (χ0v) is 19.4. The Morgan fingerprint density at radius 3 is 2.61 bits per heavy atom. The highest BCUT2D eigenvalue weighted by atomic mass is 31.2. The van der Waals surface area contributed by atoms with Crippen molar-refractivity contribution in [2.24, 2.45) is 0 Å². The first-order valence-corrected chi connectivity index (χ1v) is 11.8. The normalized spacial score (nSPS) is 31.5. The van der Waals surface area contributed by atoms with Gasteiger partial charge >= 0.3 is 13.3 Å². The second-order valence-electron chi connectivity index (χ2n) is 9.09. The maximum absolute atomic E-state index is 12.5. The Bertz CT molecular complexity index is 1160. The molecule has 6 unspecified atom stereocenters. The summed E-state index contributed by atoms with van der Waals surface area (Å²) >= 11 is 0. The van der Waals surface area contributed by atoms with E-state index >= 15 is 0 Å². The molecule has 14 nitrogen and oxygen atoms in total. The van der Waals surface area contributed by atoms with Gasteiger partial charge in [-0.05, 0) is 27.7 Å². The molecular weight excluding hydrogens is 459 g/mol. The number of aliphatic hydroxyl groups excluding tert-OH is 2. The molecule has 182 valence electrons. The van der Waals surface area contributed by atoms with Crippen LogP contribution < -0.4 is 11.4 Å². The van der Waals surface area contributed by atoms with Gasteiger partial charge in [0.15, 0.2) is 17.4 Å². The highest BCUT2D eigenvalue weighted by molar-refractivity contribution is 7.54. The topological polar surface area (TPSA) is 200 Å². The number of aliphatic hydroxyl groups is 2. The third kappa shape index (κ3) is 4.47. The number of hydrogen-bond acceptors (Lipinski definition) is 11. The molecule has 5 N–H and O–H groups in total. The average Bonchev–Trinajstić information content (AvgIpc) is 3.24. The molecule has 2 aliphatic heterocycles. The lowest BCUT2D eigenvalue weighted by atomic mass is 9.97. The lowest BCUT2D eigenvalue weighted by Gasteiger charge is -2.32. The van der Waals surface area contributed by atoms with Crippen molar-refractivity contribution in [3.63, 3.8) is 0 Å². The van der Waals surface area contributed by atoms with E-state index < -0.39 is 48.8 Å². The maximum Gasteiger partial charge on any atom is 0.362 e. The summed E-state index contributed by atoms with van der Waals surface area (Å²) < 4.78 is 31.2. The first-order valence-electron chi connectivity index (χ1n) is 10.2. The highest BCUT2D eigenvalue weighted by Gasteiger charge is 2.59. The number of nitrogens with two attached hydrogens (primary N) is 1. The molecule has 15 heteroatoms. The molecule has 2 aliphatic rings. The molecule has 0 radical (unpaired) electrons. The van der Waals surface area contributed by atoms with Gasteiger partial charge in [0.25, 0.3) is 0 Å². The summed E-state index contributed by atoms with van der Waals surface area (Å²) in [4.78, 5) is 26.5. The second-order valence-corrected chi connectivity index (χ2v) is 11.3. The number of aryl methyl sites for hydroxylation is 1. The summed E-state index contributed by atoms with van der Waals surface area (Å²) in [6, 6.07) is 0. The molecule has 4 rings (SSSR count). The summed E-state index contributed by atoms with van der Waals surface area (Å²) in [6.45, 7) is 6.40. The van der Waals surface area contributed by atoms with Crippen molar-refractivity contribution in [2.75, 3.05) is 12.3 Å². The van der Waals surface area contributed by atoms with Crippen LogP contribution in [0.3, 0.4) is 0 Å². The van der Waals surface area contributed by atoms with Crippen LogP contribution in [0.5, 0.6) is 0 Å². The summed E-state index contributed by atoms with van der Waals surface area (Å²) in [7, 11) is -4.12. The third-order valence-corrected chi connectivity index (χ3v) is 7.85. The van der Waals surface area contributed by atoms with E-state index in [-0.39, 0.29) is 24.5 Å². The number of nitrogens with zero attached hydrogens (tertiary/aromatic N) is 5. The summed E-state index contributed by atoms with van der Waals surface area (Å²) in [6.07, 6.45) is -2.41. The fourth-order valence-corrected chi connectivity index (χ4v) is 4.97. The molecule has 33 heavy (non-hydrogen) atoms. The van der Waals surface area contributed by atoms with Crippen molar-refractivity contribution in [1.82, 2.24) is 24.5 Å². The zero-order valence-electron chi connectivity index (χ0n) is 18.5. The van der Waals surface area contributed by atoms with Crippen molar-refractivity contribution in [3.05, 3.63) is 28.6 Å².